The molecule has 2 aliphatic rings. The van der Waals surface area contributed by atoms with Crippen LogP contribution in [0.3, 0.4) is 0 Å². The second-order valence-corrected chi connectivity index (χ2v) is 8.50. The van der Waals surface area contributed by atoms with E-state index in [9.17, 15) is 4.79 Å². The number of aryl methyl sites for hydroxylation is 1. The summed E-state index contributed by atoms with van der Waals surface area (Å²) in [5.41, 5.74) is 1.08. The lowest BCUT2D eigenvalue weighted by atomic mass is 10.0. The van der Waals surface area contributed by atoms with Gasteiger partial charge in [-0.3, -0.25) is 9.69 Å². The SMILES string of the molecule is CCC1CN(CC(=O)N2CCCCC2c2nccn2C)Cc2ccc(Cl)cc2O1. The first kappa shape index (κ1) is 20.2. The number of fused-ring (bicyclic) bond motifs is 1. The van der Waals surface area contributed by atoms with E-state index in [4.69, 9.17) is 16.3 Å². The van der Waals surface area contributed by atoms with Crippen molar-refractivity contribution >= 4 is 17.5 Å². The Labute approximate surface area is 177 Å². The zero-order valence-electron chi connectivity index (χ0n) is 17.2. The number of halogens is 1. The molecule has 1 amide bonds. The third-order valence-electron chi connectivity index (χ3n) is 5.97. The molecule has 1 aromatic heterocycles. The molecule has 4 rings (SSSR count). The maximum Gasteiger partial charge on any atom is 0.237 e. The minimum absolute atomic E-state index is 0.0502. The quantitative estimate of drug-likeness (QED) is 0.760. The zero-order valence-corrected chi connectivity index (χ0v) is 17.9. The van der Waals surface area contributed by atoms with Crippen molar-refractivity contribution in [3.8, 4) is 5.75 Å². The van der Waals surface area contributed by atoms with Crippen LogP contribution in [0.15, 0.2) is 30.6 Å². The van der Waals surface area contributed by atoms with Crippen LogP contribution in [0, 0.1) is 0 Å². The predicted octanol–water partition coefficient (Wildman–Crippen LogP) is 3.80. The van der Waals surface area contributed by atoms with Gasteiger partial charge in [0, 0.05) is 49.7 Å². The highest BCUT2D eigenvalue weighted by molar-refractivity contribution is 6.30. The fourth-order valence-electron chi connectivity index (χ4n) is 4.39. The number of piperidine rings is 1. The van der Waals surface area contributed by atoms with E-state index in [2.05, 4.69) is 16.8 Å². The average Bonchev–Trinajstić information content (AvgIpc) is 3.06. The predicted molar refractivity (Wildman–Crippen MR) is 113 cm³/mol. The Kier molecular flexibility index (Phi) is 6.11. The molecule has 1 saturated heterocycles. The number of benzene rings is 1. The van der Waals surface area contributed by atoms with E-state index in [0.717, 1.165) is 55.9 Å². The number of imidazole rings is 1. The molecule has 7 heteroatoms. The van der Waals surface area contributed by atoms with Gasteiger partial charge in [-0.05, 0) is 37.8 Å². The Bertz CT molecular complexity index is 868. The summed E-state index contributed by atoms with van der Waals surface area (Å²) >= 11 is 6.16. The monoisotopic (exact) mass is 416 g/mol. The Morgan fingerprint density at radius 2 is 2.21 bits per heavy atom. The van der Waals surface area contributed by atoms with Crippen molar-refractivity contribution in [2.24, 2.45) is 7.05 Å². The number of carbonyl (C=O) groups is 1. The van der Waals surface area contributed by atoms with Crippen LogP contribution in [0.25, 0.3) is 0 Å². The van der Waals surface area contributed by atoms with Crippen LogP contribution in [0.4, 0.5) is 0 Å². The second kappa shape index (κ2) is 8.76. The van der Waals surface area contributed by atoms with Gasteiger partial charge in [0.05, 0.1) is 12.6 Å². The molecular formula is C22H29ClN4O2. The lowest BCUT2D eigenvalue weighted by Gasteiger charge is -2.36. The Balaban J connectivity index is 1.51. The number of rotatable bonds is 4. The van der Waals surface area contributed by atoms with Crippen LogP contribution in [0.5, 0.6) is 5.75 Å². The highest BCUT2D eigenvalue weighted by Gasteiger charge is 2.32. The summed E-state index contributed by atoms with van der Waals surface area (Å²) in [5.74, 6) is 1.98. The van der Waals surface area contributed by atoms with Gasteiger partial charge < -0.3 is 14.2 Å². The molecule has 0 aliphatic carbocycles. The number of ether oxygens (including phenoxy) is 1. The van der Waals surface area contributed by atoms with Crippen LogP contribution in [0.2, 0.25) is 5.02 Å². The van der Waals surface area contributed by atoms with Crippen molar-refractivity contribution in [3.05, 3.63) is 47.0 Å². The first-order chi connectivity index (χ1) is 14.0. The van der Waals surface area contributed by atoms with E-state index in [1.807, 2.05) is 47.1 Å². The summed E-state index contributed by atoms with van der Waals surface area (Å²) in [6.07, 6.45) is 7.85. The van der Waals surface area contributed by atoms with Crippen LogP contribution in [-0.4, -0.2) is 51.0 Å². The van der Waals surface area contributed by atoms with Gasteiger partial charge >= 0.3 is 0 Å². The first-order valence-electron chi connectivity index (χ1n) is 10.5. The van der Waals surface area contributed by atoms with Crippen LogP contribution >= 0.6 is 11.6 Å². The molecule has 156 valence electrons. The van der Waals surface area contributed by atoms with Crippen LogP contribution in [0.1, 0.15) is 50.0 Å². The maximum atomic E-state index is 13.3. The van der Waals surface area contributed by atoms with Gasteiger partial charge in [-0.25, -0.2) is 4.98 Å². The third kappa shape index (κ3) is 4.43. The molecule has 2 aliphatic heterocycles. The molecule has 0 bridgehead atoms. The van der Waals surface area contributed by atoms with Crippen LogP contribution in [-0.2, 0) is 18.4 Å². The summed E-state index contributed by atoms with van der Waals surface area (Å²) in [7, 11) is 2.00. The Morgan fingerprint density at radius 3 is 2.97 bits per heavy atom. The third-order valence-corrected chi connectivity index (χ3v) is 6.21. The fourth-order valence-corrected chi connectivity index (χ4v) is 4.55. The Morgan fingerprint density at radius 1 is 1.34 bits per heavy atom. The van der Waals surface area contributed by atoms with Gasteiger partial charge in [0.25, 0.3) is 0 Å². The molecule has 3 heterocycles. The minimum atomic E-state index is 0.0502. The van der Waals surface area contributed by atoms with E-state index in [0.29, 0.717) is 18.1 Å². The summed E-state index contributed by atoms with van der Waals surface area (Å²) < 4.78 is 8.21. The van der Waals surface area contributed by atoms with Gasteiger partial charge in [-0.15, -0.1) is 0 Å². The molecule has 1 aromatic carbocycles. The molecule has 0 N–H and O–H groups in total. The molecule has 6 nitrogen and oxygen atoms in total. The number of amides is 1. The zero-order chi connectivity index (χ0) is 20.4. The molecule has 1 fully saturated rings. The smallest absolute Gasteiger partial charge is 0.237 e. The molecule has 2 unspecified atom stereocenters. The van der Waals surface area contributed by atoms with E-state index in [1.165, 1.54) is 0 Å². The van der Waals surface area contributed by atoms with Crippen molar-refractivity contribution in [1.29, 1.82) is 0 Å². The average molecular weight is 417 g/mol. The fraction of sp³-hybridized carbons (Fsp3) is 0.545. The number of nitrogens with zero attached hydrogens (tertiary/aromatic N) is 4. The van der Waals surface area contributed by atoms with E-state index >= 15 is 0 Å². The Hall–Kier alpha value is -2.05. The summed E-state index contributed by atoms with van der Waals surface area (Å²) in [5, 5.41) is 0.675. The van der Waals surface area contributed by atoms with E-state index in [1.54, 1.807) is 0 Å². The molecule has 0 saturated carbocycles. The largest absolute Gasteiger partial charge is 0.489 e. The lowest BCUT2D eigenvalue weighted by Crippen LogP contribution is -2.46. The normalized spacial score (nSPS) is 22.7. The maximum absolute atomic E-state index is 13.3. The van der Waals surface area contributed by atoms with Gasteiger partial charge in [-0.2, -0.15) is 0 Å². The van der Waals surface area contributed by atoms with Crippen molar-refractivity contribution in [2.45, 2.75) is 51.3 Å². The highest BCUT2D eigenvalue weighted by Crippen LogP contribution is 2.31. The van der Waals surface area contributed by atoms with Crippen molar-refractivity contribution < 1.29 is 9.53 Å². The molecule has 29 heavy (non-hydrogen) atoms. The standard InChI is InChI=1S/C22H29ClN4O2/c1-3-18-14-26(13-16-7-8-17(23)12-20(16)29-18)15-21(28)27-10-5-4-6-19(27)22-24-9-11-25(22)2/h7-9,11-12,18-19H,3-6,10,13-15H2,1-2H3. The van der Waals surface area contributed by atoms with Crippen molar-refractivity contribution in [2.75, 3.05) is 19.6 Å². The topological polar surface area (TPSA) is 50.6 Å². The number of aromatic nitrogens is 2. The van der Waals surface area contributed by atoms with Gasteiger partial charge in [-0.1, -0.05) is 24.6 Å². The summed E-state index contributed by atoms with van der Waals surface area (Å²) in [6, 6.07) is 5.84. The summed E-state index contributed by atoms with van der Waals surface area (Å²) in [4.78, 5) is 22.1. The van der Waals surface area contributed by atoms with E-state index in [-0.39, 0.29) is 18.1 Å². The number of hydrogen-bond acceptors (Lipinski definition) is 4. The van der Waals surface area contributed by atoms with E-state index < -0.39 is 0 Å². The minimum Gasteiger partial charge on any atom is -0.489 e. The van der Waals surface area contributed by atoms with Gasteiger partial charge in [0.1, 0.15) is 17.7 Å². The van der Waals surface area contributed by atoms with Crippen LogP contribution < -0.4 is 4.74 Å². The highest BCUT2D eigenvalue weighted by atomic mass is 35.5. The molecule has 0 radical (unpaired) electrons. The van der Waals surface area contributed by atoms with Gasteiger partial charge in [0.2, 0.25) is 5.91 Å². The first-order valence-corrected chi connectivity index (χ1v) is 10.9. The molecule has 2 atom stereocenters. The number of carbonyl (C=O) groups excluding carboxylic acids is 1. The van der Waals surface area contributed by atoms with Gasteiger partial charge in [0.15, 0.2) is 0 Å². The molecule has 0 spiro atoms. The molecular weight excluding hydrogens is 388 g/mol. The van der Waals surface area contributed by atoms with Crippen molar-refractivity contribution in [1.82, 2.24) is 19.4 Å². The second-order valence-electron chi connectivity index (χ2n) is 8.06. The number of likely N-dealkylation sites (tertiary alicyclic amines) is 1. The molecule has 2 aromatic rings. The summed E-state index contributed by atoms with van der Waals surface area (Å²) in [6.45, 7) is 4.72. The number of hydrogen-bond donors (Lipinski definition) is 0. The van der Waals surface area contributed by atoms with Crippen molar-refractivity contribution in [3.63, 3.8) is 0 Å². The lowest BCUT2D eigenvalue weighted by molar-refractivity contribution is -0.136.